The fourth-order valence-electron chi connectivity index (χ4n) is 3.46. The number of aliphatic hydroxyl groups is 1. The molecule has 1 atom stereocenters. The molecular weight excluding hydrogens is 246 g/mol. The summed E-state index contributed by atoms with van der Waals surface area (Å²) >= 11 is 0. The van der Waals surface area contributed by atoms with Gasteiger partial charge in [0, 0.05) is 24.0 Å². The van der Waals surface area contributed by atoms with Crippen LogP contribution in [0.4, 0.5) is 0 Å². The van der Waals surface area contributed by atoms with Gasteiger partial charge in [-0.1, -0.05) is 52.9 Å². The standard InChI is InChI=1S/C18H31NO/c1-4-5-6-7-8-9-11-19-12-10-15-16(19)13-18(2,3)14-17(15)20/h10,12,17,20H,4-9,11,13-14H2,1-3H3. The van der Waals surface area contributed by atoms with E-state index in [1.165, 1.54) is 49.8 Å². The van der Waals surface area contributed by atoms with Gasteiger partial charge < -0.3 is 9.67 Å². The van der Waals surface area contributed by atoms with E-state index in [2.05, 4.69) is 37.6 Å². The molecule has 1 aliphatic carbocycles. The van der Waals surface area contributed by atoms with Crippen molar-refractivity contribution in [1.29, 1.82) is 0 Å². The second kappa shape index (κ2) is 6.80. The molecule has 1 N–H and O–H groups in total. The van der Waals surface area contributed by atoms with Gasteiger partial charge in [0.05, 0.1) is 6.10 Å². The Hall–Kier alpha value is -0.760. The number of aliphatic hydroxyl groups excluding tert-OH is 1. The van der Waals surface area contributed by atoms with Gasteiger partial charge in [0.25, 0.3) is 0 Å². The fraction of sp³-hybridized carbons (Fsp3) is 0.778. The van der Waals surface area contributed by atoms with Gasteiger partial charge in [-0.25, -0.2) is 0 Å². The van der Waals surface area contributed by atoms with Crippen molar-refractivity contribution < 1.29 is 5.11 Å². The Bertz CT molecular complexity index is 419. The van der Waals surface area contributed by atoms with E-state index in [1.54, 1.807) is 0 Å². The third-order valence-corrected chi connectivity index (χ3v) is 4.62. The zero-order valence-electron chi connectivity index (χ0n) is 13.5. The Morgan fingerprint density at radius 1 is 1.20 bits per heavy atom. The number of hydrogen-bond donors (Lipinski definition) is 1. The molecule has 0 aromatic carbocycles. The lowest BCUT2D eigenvalue weighted by atomic mass is 9.75. The van der Waals surface area contributed by atoms with Crippen LogP contribution < -0.4 is 0 Å². The zero-order valence-corrected chi connectivity index (χ0v) is 13.5. The molecule has 0 bridgehead atoms. The molecule has 1 aromatic heterocycles. The normalized spacial score (nSPS) is 20.9. The summed E-state index contributed by atoms with van der Waals surface area (Å²) < 4.78 is 2.39. The molecule has 2 rings (SSSR count). The molecule has 1 heterocycles. The Balaban J connectivity index is 1.88. The first-order valence-electron chi connectivity index (χ1n) is 8.39. The van der Waals surface area contributed by atoms with Crippen molar-refractivity contribution in [1.82, 2.24) is 4.57 Å². The molecule has 0 radical (unpaired) electrons. The van der Waals surface area contributed by atoms with Crippen molar-refractivity contribution in [2.24, 2.45) is 5.41 Å². The highest BCUT2D eigenvalue weighted by Crippen LogP contribution is 2.41. The van der Waals surface area contributed by atoms with Gasteiger partial charge in [-0.3, -0.25) is 0 Å². The van der Waals surface area contributed by atoms with E-state index in [0.29, 0.717) is 0 Å². The molecule has 1 aromatic rings. The van der Waals surface area contributed by atoms with Gasteiger partial charge in [-0.05, 0) is 30.7 Å². The third-order valence-electron chi connectivity index (χ3n) is 4.62. The molecule has 0 spiro atoms. The van der Waals surface area contributed by atoms with E-state index in [4.69, 9.17) is 0 Å². The van der Waals surface area contributed by atoms with Crippen LogP contribution in [-0.4, -0.2) is 9.67 Å². The van der Waals surface area contributed by atoms with Crippen molar-refractivity contribution >= 4 is 0 Å². The van der Waals surface area contributed by atoms with Gasteiger partial charge in [0.15, 0.2) is 0 Å². The largest absolute Gasteiger partial charge is 0.388 e. The van der Waals surface area contributed by atoms with Crippen molar-refractivity contribution in [2.75, 3.05) is 0 Å². The molecule has 20 heavy (non-hydrogen) atoms. The Kier molecular flexibility index (Phi) is 5.31. The van der Waals surface area contributed by atoms with Crippen LogP contribution in [0.3, 0.4) is 0 Å². The van der Waals surface area contributed by atoms with Crippen LogP contribution in [0.2, 0.25) is 0 Å². The first-order valence-corrected chi connectivity index (χ1v) is 8.39. The Morgan fingerprint density at radius 3 is 2.65 bits per heavy atom. The lowest BCUT2D eigenvalue weighted by Gasteiger charge is -2.34. The van der Waals surface area contributed by atoms with Crippen LogP contribution in [0.25, 0.3) is 0 Å². The van der Waals surface area contributed by atoms with Gasteiger partial charge >= 0.3 is 0 Å². The average Bonchev–Trinajstić information content (AvgIpc) is 2.75. The summed E-state index contributed by atoms with van der Waals surface area (Å²) in [7, 11) is 0. The van der Waals surface area contributed by atoms with Gasteiger partial charge in [0.2, 0.25) is 0 Å². The quantitative estimate of drug-likeness (QED) is 0.708. The highest BCUT2D eigenvalue weighted by molar-refractivity contribution is 5.29. The molecular formula is C18H31NO. The number of aromatic nitrogens is 1. The fourth-order valence-corrected chi connectivity index (χ4v) is 3.46. The van der Waals surface area contributed by atoms with Crippen LogP contribution in [-0.2, 0) is 13.0 Å². The van der Waals surface area contributed by atoms with E-state index >= 15 is 0 Å². The van der Waals surface area contributed by atoms with E-state index in [1.807, 2.05) is 0 Å². The molecule has 2 heteroatoms. The Morgan fingerprint density at radius 2 is 1.90 bits per heavy atom. The lowest BCUT2D eigenvalue weighted by Crippen LogP contribution is -2.26. The average molecular weight is 277 g/mol. The lowest BCUT2D eigenvalue weighted by molar-refractivity contribution is 0.0979. The van der Waals surface area contributed by atoms with Crippen LogP contribution in [0.15, 0.2) is 12.3 Å². The van der Waals surface area contributed by atoms with Crippen molar-refractivity contribution in [3.8, 4) is 0 Å². The molecule has 0 fully saturated rings. The summed E-state index contributed by atoms with van der Waals surface area (Å²) in [6, 6.07) is 2.13. The van der Waals surface area contributed by atoms with E-state index < -0.39 is 0 Å². The Labute approximate surface area is 124 Å². The van der Waals surface area contributed by atoms with Crippen molar-refractivity contribution in [3.05, 3.63) is 23.5 Å². The second-order valence-corrected chi connectivity index (χ2v) is 7.24. The highest BCUT2D eigenvalue weighted by atomic mass is 16.3. The summed E-state index contributed by atoms with van der Waals surface area (Å²) in [6.45, 7) is 7.91. The minimum atomic E-state index is -0.264. The molecule has 0 saturated heterocycles. The minimum Gasteiger partial charge on any atom is -0.388 e. The first-order chi connectivity index (χ1) is 9.53. The maximum atomic E-state index is 10.3. The van der Waals surface area contributed by atoms with Crippen LogP contribution >= 0.6 is 0 Å². The summed E-state index contributed by atoms with van der Waals surface area (Å²) in [5.41, 5.74) is 2.78. The van der Waals surface area contributed by atoms with E-state index in [9.17, 15) is 5.11 Å². The summed E-state index contributed by atoms with van der Waals surface area (Å²) in [5.74, 6) is 0. The van der Waals surface area contributed by atoms with Crippen LogP contribution in [0.1, 0.15) is 83.1 Å². The van der Waals surface area contributed by atoms with E-state index in [0.717, 1.165) is 19.4 Å². The number of aryl methyl sites for hydroxylation is 1. The smallest absolute Gasteiger partial charge is 0.0812 e. The van der Waals surface area contributed by atoms with Gasteiger partial charge in [-0.15, -0.1) is 0 Å². The SMILES string of the molecule is CCCCCCCCn1ccc2c1CC(C)(C)CC2O. The van der Waals surface area contributed by atoms with Gasteiger partial charge in [0.1, 0.15) is 0 Å². The molecule has 2 nitrogen and oxygen atoms in total. The number of fused-ring (bicyclic) bond motifs is 1. The van der Waals surface area contributed by atoms with Crippen molar-refractivity contribution in [3.63, 3.8) is 0 Å². The maximum absolute atomic E-state index is 10.3. The van der Waals surface area contributed by atoms with E-state index in [-0.39, 0.29) is 11.5 Å². The molecule has 1 unspecified atom stereocenters. The van der Waals surface area contributed by atoms with Crippen molar-refractivity contribution in [2.45, 2.75) is 84.8 Å². The molecule has 0 saturated carbocycles. The number of hydrogen-bond acceptors (Lipinski definition) is 1. The first kappa shape index (κ1) is 15.6. The molecule has 1 aliphatic rings. The summed E-state index contributed by atoms with van der Waals surface area (Å²) in [6.07, 6.45) is 11.9. The highest BCUT2D eigenvalue weighted by Gasteiger charge is 2.32. The monoisotopic (exact) mass is 277 g/mol. The summed E-state index contributed by atoms with van der Waals surface area (Å²) in [4.78, 5) is 0. The minimum absolute atomic E-state index is 0.226. The summed E-state index contributed by atoms with van der Waals surface area (Å²) in [5, 5.41) is 10.3. The van der Waals surface area contributed by atoms with Crippen LogP contribution in [0.5, 0.6) is 0 Å². The number of rotatable bonds is 7. The molecule has 0 aliphatic heterocycles. The number of unbranched alkanes of at least 4 members (excludes halogenated alkanes) is 5. The second-order valence-electron chi connectivity index (χ2n) is 7.24. The molecule has 0 amide bonds. The zero-order chi connectivity index (χ0) is 14.6. The number of nitrogens with zero attached hydrogens (tertiary/aromatic N) is 1. The van der Waals surface area contributed by atoms with Crippen LogP contribution in [0, 0.1) is 5.41 Å². The predicted molar refractivity (Wildman–Crippen MR) is 84.9 cm³/mol. The third kappa shape index (κ3) is 3.88. The maximum Gasteiger partial charge on any atom is 0.0812 e. The molecule has 114 valence electrons. The predicted octanol–water partition coefficient (Wildman–Crippen LogP) is 4.85. The topological polar surface area (TPSA) is 25.2 Å². The van der Waals surface area contributed by atoms with Gasteiger partial charge in [-0.2, -0.15) is 0 Å².